The number of pyridine rings is 1. The summed E-state index contributed by atoms with van der Waals surface area (Å²) < 4.78 is 22.7. The van der Waals surface area contributed by atoms with Crippen LogP contribution in [-0.2, 0) is 23.0 Å². The van der Waals surface area contributed by atoms with Crippen LogP contribution in [0.5, 0.6) is 5.75 Å². The van der Waals surface area contributed by atoms with Gasteiger partial charge in [0.25, 0.3) is 0 Å². The number of aliphatic hydroxyl groups excluding tert-OH is 1. The van der Waals surface area contributed by atoms with Crippen molar-refractivity contribution in [3.05, 3.63) is 23.0 Å². The maximum atomic E-state index is 11.4. The number of aromatic hydroxyl groups is 1. The minimum absolute atomic E-state index is 0.0555. The first-order chi connectivity index (χ1) is 8.93. The first-order valence-electron chi connectivity index (χ1n) is 6.14. The molecule has 1 unspecified atom stereocenters. The molecule has 1 aromatic heterocycles. The fourth-order valence-corrected chi connectivity index (χ4v) is 3.93. The second-order valence-corrected chi connectivity index (χ2v) is 7.06. The van der Waals surface area contributed by atoms with E-state index in [4.69, 9.17) is 0 Å². The van der Waals surface area contributed by atoms with Gasteiger partial charge in [-0.3, -0.25) is 4.98 Å². The van der Waals surface area contributed by atoms with E-state index in [0.717, 1.165) is 0 Å². The van der Waals surface area contributed by atoms with Crippen LogP contribution in [0.4, 0.5) is 0 Å². The Bertz CT molecular complexity index is 571. The molecule has 3 N–H and O–H groups in total. The van der Waals surface area contributed by atoms with Crippen LogP contribution in [0.2, 0.25) is 0 Å². The summed E-state index contributed by atoms with van der Waals surface area (Å²) >= 11 is 0. The highest BCUT2D eigenvalue weighted by Crippen LogP contribution is 2.24. The number of nitrogens with one attached hydrogen (secondary N) is 1. The summed E-state index contributed by atoms with van der Waals surface area (Å²) in [6, 6.07) is -0.0931. The smallest absolute Gasteiger partial charge is 0.151 e. The number of nitrogens with zero attached hydrogens (tertiary/aromatic N) is 1. The van der Waals surface area contributed by atoms with E-state index in [1.165, 1.54) is 6.20 Å². The molecule has 0 aliphatic carbocycles. The number of rotatable bonds is 4. The topological polar surface area (TPSA) is 99.5 Å². The molecule has 19 heavy (non-hydrogen) atoms. The van der Waals surface area contributed by atoms with Gasteiger partial charge < -0.3 is 15.5 Å². The second-order valence-electron chi connectivity index (χ2n) is 4.83. The van der Waals surface area contributed by atoms with E-state index < -0.39 is 9.84 Å². The van der Waals surface area contributed by atoms with Gasteiger partial charge in [-0.25, -0.2) is 8.42 Å². The Morgan fingerprint density at radius 1 is 1.53 bits per heavy atom. The minimum Gasteiger partial charge on any atom is -0.506 e. The maximum absolute atomic E-state index is 11.4. The van der Waals surface area contributed by atoms with E-state index in [1.54, 1.807) is 6.92 Å². The van der Waals surface area contributed by atoms with Gasteiger partial charge in [0.05, 0.1) is 23.8 Å². The highest BCUT2D eigenvalue weighted by atomic mass is 32.2. The molecule has 6 nitrogen and oxygen atoms in total. The summed E-state index contributed by atoms with van der Waals surface area (Å²) in [6.07, 6.45) is 2.11. The average molecular weight is 286 g/mol. The van der Waals surface area contributed by atoms with Crippen LogP contribution in [0.3, 0.4) is 0 Å². The lowest BCUT2D eigenvalue weighted by atomic mass is 10.1. The molecule has 0 saturated carbocycles. The molecule has 1 aliphatic heterocycles. The summed E-state index contributed by atoms with van der Waals surface area (Å²) in [6.45, 7) is 1.80. The van der Waals surface area contributed by atoms with E-state index in [1.807, 2.05) is 0 Å². The average Bonchev–Trinajstić information content (AvgIpc) is 2.71. The molecule has 7 heteroatoms. The monoisotopic (exact) mass is 286 g/mol. The Kier molecular flexibility index (Phi) is 4.07. The summed E-state index contributed by atoms with van der Waals surface area (Å²) in [5.74, 6) is 0.394. The van der Waals surface area contributed by atoms with Gasteiger partial charge in [-0.1, -0.05) is 0 Å². The molecule has 2 heterocycles. The molecular formula is C12H18N2O4S. The first-order valence-corrected chi connectivity index (χ1v) is 7.96. The van der Waals surface area contributed by atoms with Crippen LogP contribution >= 0.6 is 0 Å². The number of hydrogen-bond acceptors (Lipinski definition) is 6. The van der Waals surface area contributed by atoms with E-state index in [0.29, 0.717) is 29.8 Å². The molecule has 1 fully saturated rings. The second kappa shape index (κ2) is 5.44. The SMILES string of the molecule is Cc1ncc(CO)c(CNC2CCS(=O)(=O)C2)c1O. The van der Waals surface area contributed by atoms with Gasteiger partial charge in [-0.15, -0.1) is 0 Å². The summed E-state index contributed by atoms with van der Waals surface area (Å²) in [5, 5.41) is 22.3. The predicted molar refractivity (Wildman–Crippen MR) is 70.5 cm³/mol. The van der Waals surface area contributed by atoms with Crippen LogP contribution in [0.15, 0.2) is 6.20 Å². The third-order valence-electron chi connectivity index (χ3n) is 3.40. The quantitative estimate of drug-likeness (QED) is 0.713. The van der Waals surface area contributed by atoms with Crippen molar-refractivity contribution in [2.75, 3.05) is 11.5 Å². The number of sulfone groups is 1. The van der Waals surface area contributed by atoms with Crippen molar-refractivity contribution in [3.8, 4) is 5.75 Å². The molecule has 1 aliphatic rings. The van der Waals surface area contributed by atoms with Gasteiger partial charge >= 0.3 is 0 Å². The number of aliphatic hydroxyl groups is 1. The third-order valence-corrected chi connectivity index (χ3v) is 5.17. The molecule has 0 spiro atoms. The minimum atomic E-state index is -2.92. The Morgan fingerprint density at radius 3 is 2.84 bits per heavy atom. The lowest BCUT2D eigenvalue weighted by molar-refractivity contribution is 0.278. The largest absolute Gasteiger partial charge is 0.506 e. The zero-order chi connectivity index (χ0) is 14.0. The highest BCUT2D eigenvalue weighted by molar-refractivity contribution is 7.91. The van der Waals surface area contributed by atoms with Gasteiger partial charge in [0.15, 0.2) is 9.84 Å². The number of aromatic nitrogens is 1. The van der Waals surface area contributed by atoms with Crippen molar-refractivity contribution in [2.45, 2.75) is 32.5 Å². The van der Waals surface area contributed by atoms with Crippen molar-refractivity contribution in [1.82, 2.24) is 10.3 Å². The Balaban J connectivity index is 2.09. The molecule has 106 valence electrons. The highest BCUT2D eigenvalue weighted by Gasteiger charge is 2.27. The lowest BCUT2D eigenvalue weighted by Crippen LogP contribution is -2.30. The molecule has 2 rings (SSSR count). The summed E-state index contributed by atoms with van der Waals surface area (Å²) in [4.78, 5) is 3.98. The Morgan fingerprint density at radius 2 is 2.26 bits per heavy atom. The molecular weight excluding hydrogens is 268 g/mol. The molecule has 0 aromatic carbocycles. The zero-order valence-corrected chi connectivity index (χ0v) is 11.6. The van der Waals surface area contributed by atoms with Crippen LogP contribution in [0.25, 0.3) is 0 Å². The van der Waals surface area contributed by atoms with Gasteiger partial charge in [-0.2, -0.15) is 0 Å². The fraction of sp³-hybridized carbons (Fsp3) is 0.583. The summed E-state index contributed by atoms with van der Waals surface area (Å²) in [5.41, 5.74) is 1.63. The normalized spacial score (nSPS) is 21.7. The zero-order valence-electron chi connectivity index (χ0n) is 10.8. The maximum Gasteiger partial charge on any atom is 0.151 e. The molecule has 0 radical (unpaired) electrons. The fourth-order valence-electron chi connectivity index (χ4n) is 2.22. The van der Waals surface area contributed by atoms with Crippen LogP contribution in [0, 0.1) is 6.92 Å². The number of aryl methyl sites for hydroxylation is 1. The van der Waals surface area contributed by atoms with Gasteiger partial charge in [0.2, 0.25) is 0 Å². The molecule has 1 aromatic rings. The number of hydrogen-bond donors (Lipinski definition) is 3. The summed E-state index contributed by atoms with van der Waals surface area (Å²) in [7, 11) is -2.92. The molecule has 0 bridgehead atoms. The standard InChI is InChI=1S/C12H18N2O4S/c1-8-12(16)11(9(6-15)4-13-8)5-14-10-2-3-19(17,18)7-10/h4,10,14-16H,2-3,5-7H2,1H3. The van der Waals surface area contributed by atoms with Gasteiger partial charge in [-0.05, 0) is 13.3 Å². The van der Waals surface area contributed by atoms with Crippen molar-refractivity contribution in [1.29, 1.82) is 0 Å². The van der Waals surface area contributed by atoms with E-state index >= 15 is 0 Å². The molecule has 1 saturated heterocycles. The van der Waals surface area contributed by atoms with Crippen molar-refractivity contribution in [2.24, 2.45) is 0 Å². The van der Waals surface area contributed by atoms with Gasteiger partial charge in [0.1, 0.15) is 5.75 Å². The molecule has 1 atom stereocenters. The van der Waals surface area contributed by atoms with Crippen molar-refractivity contribution >= 4 is 9.84 Å². The van der Waals surface area contributed by atoms with Crippen LogP contribution in [-0.4, -0.2) is 41.2 Å². The Labute approximate surface area is 112 Å². The van der Waals surface area contributed by atoms with E-state index in [9.17, 15) is 18.6 Å². The van der Waals surface area contributed by atoms with Crippen LogP contribution < -0.4 is 5.32 Å². The third kappa shape index (κ3) is 3.23. The van der Waals surface area contributed by atoms with Crippen molar-refractivity contribution in [3.63, 3.8) is 0 Å². The van der Waals surface area contributed by atoms with Crippen molar-refractivity contribution < 1.29 is 18.6 Å². The predicted octanol–water partition coefficient (Wildman–Crippen LogP) is -0.135. The van der Waals surface area contributed by atoms with Gasteiger partial charge in [0, 0.05) is 29.9 Å². The lowest BCUT2D eigenvalue weighted by Gasteiger charge is -2.15. The van der Waals surface area contributed by atoms with E-state index in [2.05, 4.69) is 10.3 Å². The van der Waals surface area contributed by atoms with Crippen LogP contribution in [0.1, 0.15) is 23.2 Å². The molecule has 0 amide bonds. The Hall–Kier alpha value is -1.18. The first kappa shape index (κ1) is 14.2. The van der Waals surface area contributed by atoms with E-state index in [-0.39, 0.29) is 29.9 Å².